The third kappa shape index (κ3) is 17.8. The summed E-state index contributed by atoms with van der Waals surface area (Å²) in [6.07, 6.45) is 0. The smallest absolute Gasteiger partial charge is 0.302 e. The second kappa shape index (κ2) is 4.79. The van der Waals surface area contributed by atoms with Gasteiger partial charge in [-0.1, -0.05) is 0 Å². The zero-order valence-electron chi connectivity index (χ0n) is 5.32. The number of phosphoric acid groups is 2. The number of hydrogen-bond acceptors (Lipinski definition) is 3. The van der Waals surface area contributed by atoms with Crippen molar-refractivity contribution in [3.05, 3.63) is 13.2 Å². The molecule has 0 aliphatic rings. The highest BCUT2D eigenvalue weighted by Gasteiger charge is 2.27. The average Bonchev–Trinajstić information content (AvgIpc) is 1.60. The first kappa shape index (κ1) is 13.6. The molecular weight excluding hydrogens is 198 g/mol. The molecule has 0 unspecified atom stereocenters. The first-order chi connectivity index (χ1) is 4.71. The van der Waals surface area contributed by atoms with Crippen LogP contribution in [0.25, 0.3) is 0 Å². The van der Waals surface area contributed by atoms with Gasteiger partial charge >= 0.3 is 15.6 Å². The molecule has 0 saturated carbocycles. The van der Waals surface area contributed by atoms with Crippen LogP contribution in [0.15, 0.2) is 13.2 Å². The second-order valence-corrected chi connectivity index (χ2v) is 3.68. The van der Waals surface area contributed by atoms with Crippen LogP contribution in [0, 0.1) is 0 Å². The van der Waals surface area contributed by atoms with Gasteiger partial charge in [-0.05, 0) is 0 Å². The largest absolute Gasteiger partial charge is 0.478 e. The van der Waals surface area contributed by atoms with Gasteiger partial charge in [0.15, 0.2) is 0 Å². The number of hydrogen-bond donors (Lipinski definition) is 4. The van der Waals surface area contributed by atoms with E-state index in [0.717, 1.165) is 0 Å². The molecule has 0 aromatic heterocycles. The quantitative estimate of drug-likeness (QED) is 0.369. The van der Waals surface area contributed by atoms with Gasteiger partial charge in [0.1, 0.15) is 0 Å². The van der Waals surface area contributed by atoms with Gasteiger partial charge in [0.25, 0.3) is 0 Å². The fourth-order valence-corrected chi connectivity index (χ4v) is 1.25. The van der Waals surface area contributed by atoms with E-state index in [9.17, 15) is 9.13 Å². The van der Waals surface area contributed by atoms with Crippen molar-refractivity contribution < 1.29 is 33.0 Å². The van der Waals surface area contributed by atoms with Crippen LogP contribution in [0.1, 0.15) is 0 Å². The lowest BCUT2D eigenvalue weighted by atomic mass is 11.3. The van der Waals surface area contributed by atoms with Gasteiger partial charge in [-0.15, -0.1) is 13.2 Å². The molecule has 0 rings (SSSR count). The molecule has 9 heteroatoms. The van der Waals surface area contributed by atoms with Crippen LogP contribution in [-0.4, -0.2) is 19.6 Å². The van der Waals surface area contributed by atoms with Crippen molar-refractivity contribution in [2.24, 2.45) is 0 Å². The zero-order chi connectivity index (χ0) is 9.71. The predicted octanol–water partition coefficient (Wildman–Crippen LogP) is -0.00940. The molecule has 0 aliphatic carbocycles. The average molecular weight is 206 g/mol. The molecule has 0 atom stereocenters. The van der Waals surface area contributed by atoms with Crippen LogP contribution in [0.5, 0.6) is 0 Å². The molecule has 0 aromatic rings. The topological polar surface area (TPSA) is 124 Å². The van der Waals surface area contributed by atoms with Crippen molar-refractivity contribution in [2.45, 2.75) is 0 Å². The van der Waals surface area contributed by atoms with Crippen molar-refractivity contribution >= 4 is 15.6 Å². The van der Waals surface area contributed by atoms with E-state index in [1.54, 1.807) is 0 Å². The lowest BCUT2D eigenvalue weighted by molar-refractivity contribution is 0.225. The van der Waals surface area contributed by atoms with Crippen molar-refractivity contribution in [1.82, 2.24) is 0 Å². The molecule has 4 N–H and O–H groups in total. The van der Waals surface area contributed by atoms with E-state index in [4.69, 9.17) is 19.6 Å². The highest BCUT2D eigenvalue weighted by Crippen LogP contribution is 2.53. The molecule has 0 bridgehead atoms. The fraction of sp³-hybridized carbons (Fsp3) is 0. The molecule has 0 heterocycles. The first-order valence-corrected chi connectivity index (χ1v) is 5.09. The summed E-state index contributed by atoms with van der Waals surface area (Å²) >= 11 is 0. The molecule has 0 saturated heterocycles. The van der Waals surface area contributed by atoms with Gasteiger partial charge in [-0.25, -0.2) is 9.13 Å². The van der Waals surface area contributed by atoms with Gasteiger partial charge in [0, 0.05) is 0 Å². The van der Waals surface area contributed by atoms with Crippen LogP contribution < -0.4 is 0 Å². The Balaban J connectivity index is 0. The molecule has 11 heavy (non-hydrogen) atoms. The molecule has 0 aromatic carbocycles. The predicted molar refractivity (Wildman–Crippen MR) is 36.4 cm³/mol. The minimum absolute atomic E-state index is 2.96. The second-order valence-electron chi connectivity index (χ2n) is 1.06. The highest BCUT2D eigenvalue weighted by molar-refractivity contribution is 7.60. The van der Waals surface area contributed by atoms with Crippen LogP contribution in [0.4, 0.5) is 0 Å². The summed E-state index contributed by atoms with van der Waals surface area (Å²) in [7, 11) is -10.1. The molecule has 0 amide bonds. The van der Waals surface area contributed by atoms with E-state index in [1.165, 1.54) is 0 Å². The summed E-state index contributed by atoms with van der Waals surface area (Å²) in [5, 5.41) is 0. The minimum Gasteiger partial charge on any atom is -0.302 e. The molecule has 7 nitrogen and oxygen atoms in total. The maximum Gasteiger partial charge on any atom is 0.478 e. The van der Waals surface area contributed by atoms with Crippen LogP contribution in [0.3, 0.4) is 0 Å². The Morgan fingerprint density at radius 3 is 1.09 bits per heavy atom. The SMILES string of the molecule is C=C.O=P(O)(O)OP(=O)(O)O. The Bertz CT molecular complexity index is 167. The van der Waals surface area contributed by atoms with Crippen LogP contribution in [0.2, 0.25) is 0 Å². The van der Waals surface area contributed by atoms with Gasteiger partial charge < -0.3 is 19.6 Å². The summed E-state index contributed by atoms with van der Waals surface area (Å²) < 4.78 is 22.2. The third-order valence-electron chi connectivity index (χ3n) is 0.213. The van der Waals surface area contributed by atoms with Gasteiger partial charge in [-0.2, -0.15) is 4.31 Å². The summed E-state index contributed by atoms with van der Waals surface area (Å²) in [4.78, 5) is 31.0. The van der Waals surface area contributed by atoms with E-state index in [-0.39, 0.29) is 0 Å². The van der Waals surface area contributed by atoms with Gasteiger partial charge in [-0.3, -0.25) is 0 Å². The van der Waals surface area contributed by atoms with E-state index >= 15 is 0 Å². The third-order valence-corrected chi connectivity index (χ3v) is 1.91. The number of rotatable bonds is 2. The summed E-state index contributed by atoms with van der Waals surface area (Å²) in [5.41, 5.74) is 0. The normalized spacial score (nSPS) is 11.6. The lowest BCUT2D eigenvalue weighted by Crippen LogP contribution is -1.84. The van der Waals surface area contributed by atoms with E-state index in [1.807, 2.05) is 0 Å². The summed E-state index contributed by atoms with van der Waals surface area (Å²) in [5.74, 6) is 0. The van der Waals surface area contributed by atoms with Crippen molar-refractivity contribution in [3.8, 4) is 0 Å². The van der Waals surface area contributed by atoms with Gasteiger partial charge in [0.2, 0.25) is 0 Å². The molecule has 0 aliphatic heterocycles. The van der Waals surface area contributed by atoms with Crippen LogP contribution >= 0.6 is 15.6 Å². The standard InChI is InChI=1S/C2H4.H4O7P2/c1-2;1-8(2,3)7-9(4,5)6/h1-2H2;(H2,1,2,3)(H2,4,5,6). The highest BCUT2D eigenvalue weighted by atomic mass is 31.3. The first-order valence-electron chi connectivity index (χ1n) is 2.03. The van der Waals surface area contributed by atoms with E-state index in [0.29, 0.717) is 0 Å². The van der Waals surface area contributed by atoms with Crippen LogP contribution in [-0.2, 0) is 13.4 Å². The molecule has 0 fully saturated rings. The summed E-state index contributed by atoms with van der Waals surface area (Å²) in [6.45, 7) is 6.00. The molecule has 68 valence electrons. The Morgan fingerprint density at radius 2 is 1.09 bits per heavy atom. The maximum atomic E-state index is 9.63. The monoisotopic (exact) mass is 206 g/mol. The lowest BCUT2D eigenvalue weighted by Gasteiger charge is -2.03. The minimum atomic E-state index is -5.05. The Hall–Kier alpha value is -0.0000000000000000971. The summed E-state index contributed by atoms with van der Waals surface area (Å²) in [6, 6.07) is 0. The maximum absolute atomic E-state index is 9.63. The van der Waals surface area contributed by atoms with E-state index < -0.39 is 15.6 Å². The fourth-order valence-electron chi connectivity index (χ4n) is 0.139. The van der Waals surface area contributed by atoms with Crippen molar-refractivity contribution in [1.29, 1.82) is 0 Å². The molecular formula is C2H8O7P2. The Kier molecular flexibility index (Phi) is 5.92. The van der Waals surface area contributed by atoms with Gasteiger partial charge in [0.05, 0.1) is 0 Å². The molecule has 0 radical (unpaired) electrons. The Morgan fingerprint density at radius 1 is 0.909 bits per heavy atom. The Labute approximate surface area is 62.8 Å². The van der Waals surface area contributed by atoms with Crippen molar-refractivity contribution in [3.63, 3.8) is 0 Å². The van der Waals surface area contributed by atoms with Crippen molar-refractivity contribution in [2.75, 3.05) is 0 Å². The van der Waals surface area contributed by atoms with E-state index in [2.05, 4.69) is 17.5 Å². The zero-order valence-corrected chi connectivity index (χ0v) is 7.11. The molecule has 0 spiro atoms.